The Hall–Kier alpha value is -2.57. The van der Waals surface area contributed by atoms with Crippen molar-refractivity contribution < 1.29 is 14.4 Å². The summed E-state index contributed by atoms with van der Waals surface area (Å²) in [5.74, 6) is -0.290. The van der Waals surface area contributed by atoms with Crippen molar-refractivity contribution >= 4 is 23.5 Å². The molecule has 0 fully saturated rings. The van der Waals surface area contributed by atoms with E-state index in [2.05, 4.69) is 16.0 Å². The molecule has 1 aromatic rings. The normalized spacial score (nSPS) is 17.8. The predicted molar refractivity (Wildman–Crippen MR) is 95.9 cm³/mol. The highest BCUT2D eigenvalue weighted by Gasteiger charge is 2.36. The van der Waals surface area contributed by atoms with Crippen LogP contribution in [0, 0.1) is 5.92 Å². The molecule has 4 amide bonds. The summed E-state index contributed by atoms with van der Waals surface area (Å²) >= 11 is 0. The molecular weight excluding hydrogens is 320 g/mol. The third-order valence-electron chi connectivity index (χ3n) is 4.44. The molecule has 2 unspecified atom stereocenters. The summed E-state index contributed by atoms with van der Waals surface area (Å²) in [4.78, 5) is 37.9. The SMILES string of the molecule is CCC(C)C1C(=O)Nc2ccccc2CN1C(=O)NCCNC(C)=O. The van der Waals surface area contributed by atoms with Gasteiger partial charge in [-0.3, -0.25) is 9.59 Å². The number of carbonyl (C=O) groups is 3. The van der Waals surface area contributed by atoms with Crippen LogP contribution in [0.4, 0.5) is 10.5 Å². The molecular formula is C18H26N4O3. The fourth-order valence-corrected chi connectivity index (χ4v) is 2.91. The number of nitrogens with one attached hydrogen (secondary N) is 3. The number of rotatable bonds is 5. The zero-order chi connectivity index (χ0) is 18.4. The highest BCUT2D eigenvalue weighted by molar-refractivity contribution is 5.98. The second kappa shape index (κ2) is 8.50. The van der Waals surface area contributed by atoms with Gasteiger partial charge >= 0.3 is 6.03 Å². The highest BCUT2D eigenvalue weighted by atomic mass is 16.2. The summed E-state index contributed by atoms with van der Waals surface area (Å²) < 4.78 is 0. The number of carbonyl (C=O) groups excluding carboxylic acids is 3. The van der Waals surface area contributed by atoms with E-state index in [0.717, 1.165) is 17.7 Å². The van der Waals surface area contributed by atoms with E-state index < -0.39 is 6.04 Å². The van der Waals surface area contributed by atoms with Gasteiger partial charge in [0.15, 0.2) is 0 Å². The maximum atomic E-state index is 12.7. The fraction of sp³-hybridized carbons (Fsp3) is 0.500. The van der Waals surface area contributed by atoms with Crippen LogP contribution < -0.4 is 16.0 Å². The second-order valence-corrected chi connectivity index (χ2v) is 6.32. The van der Waals surface area contributed by atoms with Gasteiger partial charge in [0.05, 0.1) is 6.54 Å². The van der Waals surface area contributed by atoms with Crippen LogP contribution in [-0.4, -0.2) is 41.9 Å². The molecule has 1 heterocycles. The number of para-hydroxylation sites is 1. The van der Waals surface area contributed by atoms with Crippen molar-refractivity contribution in [3.8, 4) is 0 Å². The number of nitrogens with zero attached hydrogens (tertiary/aromatic N) is 1. The molecule has 0 aromatic heterocycles. The molecule has 0 saturated heterocycles. The third kappa shape index (κ3) is 4.71. The number of benzene rings is 1. The van der Waals surface area contributed by atoms with E-state index in [1.165, 1.54) is 6.92 Å². The van der Waals surface area contributed by atoms with Gasteiger partial charge in [0.25, 0.3) is 0 Å². The van der Waals surface area contributed by atoms with E-state index in [9.17, 15) is 14.4 Å². The maximum absolute atomic E-state index is 12.7. The first kappa shape index (κ1) is 18.8. The van der Waals surface area contributed by atoms with Gasteiger partial charge in [0, 0.05) is 25.7 Å². The Balaban J connectivity index is 2.18. The second-order valence-electron chi connectivity index (χ2n) is 6.32. The number of fused-ring (bicyclic) bond motifs is 1. The average molecular weight is 346 g/mol. The summed E-state index contributed by atoms with van der Waals surface area (Å²) in [6.45, 7) is 6.42. The molecule has 0 bridgehead atoms. The van der Waals surface area contributed by atoms with Crippen molar-refractivity contribution in [3.63, 3.8) is 0 Å². The molecule has 0 spiro atoms. The van der Waals surface area contributed by atoms with Crippen LogP contribution in [0.5, 0.6) is 0 Å². The minimum Gasteiger partial charge on any atom is -0.355 e. The number of hydrogen-bond acceptors (Lipinski definition) is 3. The lowest BCUT2D eigenvalue weighted by Crippen LogP contribution is -2.53. The Bertz CT molecular complexity index is 647. The van der Waals surface area contributed by atoms with Crippen LogP contribution in [0.1, 0.15) is 32.8 Å². The molecule has 136 valence electrons. The zero-order valence-corrected chi connectivity index (χ0v) is 15.0. The Morgan fingerprint density at radius 2 is 1.96 bits per heavy atom. The lowest BCUT2D eigenvalue weighted by atomic mass is 9.97. The lowest BCUT2D eigenvalue weighted by molar-refractivity contribution is -0.122. The largest absolute Gasteiger partial charge is 0.355 e. The molecule has 0 saturated carbocycles. The van der Waals surface area contributed by atoms with E-state index in [1.807, 2.05) is 38.1 Å². The topological polar surface area (TPSA) is 90.5 Å². The monoisotopic (exact) mass is 346 g/mol. The molecule has 2 rings (SSSR count). The molecule has 1 aliphatic rings. The van der Waals surface area contributed by atoms with Gasteiger partial charge in [-0.25, -0.2) is 4.79 Å². The van der Waals surface area contributed by atoms with Crippen molar-refractivity contribution in [2.45, 2.75) is 39.8 Å². The van der Waals surface area contributed by atoms with Crippen molar-refractivity contribution in [1.82, 2.24) is 15.5 Å². The molecule has 3 N–H and O–H groups in total. The third-order valence-corrected chi connectivity index (χ3v) is 4.44. The summed E-state index contributed by atoms with van der Waals surface area (Å²) in [5.41, 5.74) is 1.65. The minimum atomic E-state index is -0.543. The standard InChI is InChI=1S/C18H26N4O3/c1-4-12(2)16-17(24)21-15-8-6-5-7-14(15)11-22(16)18(25)20-10-9-19-13(3)23/h5-8,12,16H,4,9-11H2,1-3H3,(H,19,23)(H,20,25)(H,21,24). The van der Waals surface area contributed by atoms with Gasteiger partial charge in [0.1, 0.15) is 6.04 Å². The maximum Gasteiger partial charge on any atom is 0.318 e. The molecule has 2 atom stereocenters. The summed E-state index contributed by atoms with van der Waals surface area (Å²) in [6.07, 6.45) is 0.782. The van der Waals surface area contributed by atoms with Crippen molar-refractivity contribution in [1.29, 1.82) is 0 Å². The number of hydrogen-bond donors (Lipinski definition) is 3. The number of anilines is 1. The summed E-state index contributed by atoms with van der Waals surface area (Å²) in [6, 6.07) is 6.66. The first-order chi connectivity index (χ1) is 11.9. The van der Waals surface area contributed by atoms with Gasteiger partial charge in [0.2, 0.25) is 11.8 Å². The van der Waals surface area contributed by atoms with Crippen LogP contribution in [0.2, 0.25) is 0 Å². The Labute approximate surface area is 148 Å². The Kier molecular flexibility index (Phi) is 6.38. The van der Waals surface area contributed by atoms with Gasteiger partial charge < -0.3 is 20.9 Å². The fourth-order valence-electron chi connectivity index (χ4n) is 2.91. The van der Waals surface area contributed by atoms with Crippen LogP contribution in [0.15, 0.2) is 24.3 Å². The molecule has 0 radical (unpaired) electrons. The van der Waals surface area contributed by atoms with Crippen LogP contribution >= 0.6 is 0 Å². The predicted octanol–water partition coefficient (Wildman–Crippen LogP) is 1.70. The van der Waals surface area contributed by atoms with E-state index in [0.29, 0.717) is 19.6 Å². The van der Waals surface area contributed by atoms with Crippen molar-refractivity contribution in [2.75, 3.05) is 18.4 Å². The van der Waals surface area contributed by atoms with Crippen molar-refractivity contribution in [3.05, 3.63) is 29.8 Å². The van der Waals surface area contributed by atoms with Crippen LogP contribution in [-0.2, 0) is 16.1 Å². The Morgan fingerprint density at radius 1 is 1.28 bits per heavy atom. The van der Waals surface area contributed by atoms with E-state index in [-0.39, 0.29) is 23.8 Å². The highest BCUT2D eigenvalue weighted by Crippen LogP contribution is 2.27. The minimum absolute atomic E-state index is 0.0235. The van der Waals surface area contributed by atoms with Crippen LogP contribution in [0.25, 0.3) is 0 Å². The molecule has 1 aromatic carbocycles. The number of amides is 4. The quantitative estimate of drug-likeness (QED) is 0.709. The molecule has 0 aliphatic carbocycles. The van der Waals surface area contributed by atoms with E-state index in [1.54, 1.807) is 4.90 Å². The van der Waals surface area contributed by atoms with E-state index >= 15 is 0 Å². The molecule has 7 nitrogen and oxygen atoms in total. The van der Waals surface area contributed by atoms with Crippen molar-refractivity contribution in [2.24, 2.45) is 5.92 Å². The van der Waals surface area contributed by atoms with Gasteiger partial charge in [-0.2, -0.15) is 0 Å². The van der Waals surface area contributed by atoms with Gasteiger partial charge in [-0.05, 0) is 17.5 Å². The Morgan fingerprint density at radius 3 is 2.64 bits per heavy atom. The summed E-state index contributed by atoms with van der Waals surface area (Å²) in [7, 11) is 0. The lowest BCUT2D eigenvalue weighted by Gasteiger charge is -2.32. The zero-order valence-electron chi connectivity index (χ0n) is 15.0. The summed E-state index contributed by atoms with van der Waals surface area (Å²) in [5, 5.41) is 8.36. The molecule has 1 aliphatic heterocycles. The smallest absolute Gasteiger partial charge is 0.318 e. The first-order valence-corrected chi connectivity index (χ1v) is 8.61. The van der Waals surface area contributed by atoms with Gasteiger partial charge in [-0.15, -0.1) is 0 Å². The average Bonchev–Trinajstić information content (AvgIpc) is 2.73. The van der Waals surface area contributed by atoms with Crippen LogP contribution in [0.3, 0.4) is 0 Å². The molecule has 7 heteroatoms. The van der Waals surface area contributed by atoms with E-state index in [4.69, 9.17) is 0 Å². The number of urea groups is 1. The van der Waals surface area contributed by atoms with Gasteiger partial charge in [-0.1, -0.05) is 38.5 Å². The first-order valence-electron chi connectivity index (χ1n) is 8.61. The molecule has 25 heavy (non-hydrogen) atoms.